The van der Waals surface area contributed by atoms with Gasteiger partial charge in [0.15, 0.2) is 0 Å². The molecule has 0 N–H and O–H groups in total. The molecule has 1 aromatic carbocycles. The fraction of sp³-hybridized carbons (Fsp3) is 0.562. The molecule has 0 atom stereocenters. The molecule has 1 amide bonds. The topological polar surface area (TPSA) is 20.3 Å². The highest BCUT2D eigenvalue weighted by Crippen LogP contribution is 2.37. The van der Waals surface area contributed by atoms with Crippen molar-refractivity contribution in [3.05, 3.63) is 28.8 Å². The van der Waals surface area contributed by atoms with Gasteiger partial charge in [0.2, 0.25) is 0 Å². The smallest absolute Gasteiger partial charge is 0.255 e. The van der Waals surface area contributed by atoms with Gasteiger partial charge in [-0.25, -0.2) is 0 Å². The minimum Gasteiger partial charge on any atom is -0.339 e. The lowest BCUT2D eigenvalue weighted by Crippen LogP contribution is -2.41. The number of nitrogens with zero attached hydrogens (tertiary/aromatic N) is 1. The Morgan fingerprint density at radius 3 is 2.55 bits per heavy atom. The number of halogens is 1. The molecule has 4 heteroatoms. The Kier molecular flexibility index (Phi) is 4.70. The van der Waals surface area contributed by atoms with Crippen molar-refractivity contribution in [1.29, 1.82) is 0 Å². The molecule has 0 spiro atoms. The molecule has 110 valence electrons. The molecule has 0 saturated heterocycles. The highest BCUT2D eigenvalue weighted by Gasteiger charge is 2.31. The van der Waals surface area contributed by atoms with Crippen LogP contribution >= 0.6 is 24.2 Å². The molecule has 0 aromatic heterocycles. The Morgan fingerprint density at radius 2 is 1.95 bits per heavy atom. The van der Waals surface area contributed by atoms with Crippen molar-refractivity contribution in [3.63, 3.8) is 0 Å². The lowest BCUT2D eigenvalue weighted by molar-refractivity contribution is 0.0635. The second-order valence-corrected chi connectivity index (χ2v) is 7.40. The first kappa shape index (κ1) is 15.7. The number of amides is 1. The van der Waals surface area contributed by atoms with Crippen LogP contribution in [0.15, 0.2) is 23.1 Å². The number of hydrogen-bond donors (Lipinski definition) is 1. The van der Waals surface area contributed by atoms with E-state index in [2.05, 4.69) is 26.5 Å². The highest BCUT2D eigenvalue weighted by molar-refractivity contribution is 7.80. The summed E-state index contributed by atoms with van der Waals surface area (Å²) in [5.41, 5.74) is 0.953. The first-order valence-electron chi connectivity index (χ1n) is 7.06. The van der Waals surface area contributed by atoms with Gasteiger partial charge in [0.05, 0.1) is 10.6 Å². The second kappa shape index (κ2) is 5.98. The third-order valence-electron chi connectivity index (χ3n) is 4.36. The zero-order valence-electron chi connectivity index (χ0n) is 12.3. The highest BCUT2D eigenvalue weighted by atomic mass is 35.5. The summed E-state index contributed by atoms with van der Waals surface area (Å²) in [5, 5.41) is 0.496. The summed E-state index contributed by atoms with van der Waals surface area (Å²) in [6.07, 6.45) is 4.45. The van der Waals surface area contributed by atoms with Gasteiger partial charge in [-0.2, -0.15) is 0 Å². The van der Waals surface area contributed by atoms with E-state index in [1.807, 2.05) is 11.9 Å². The number of carbonyl (C=O) groups excluding carboxylic acids is 1. The predicted octanol–water partition coefficient (Wildman–Crippen LogP) is 4.67. The monoisotopic (exact) mass is 311 g/mol. The fourth-order valence-electron chi connectivity index (χ4n) is 2.80. The Labute approximate surface area is 131 Å². The summed E-state index contributed by atoms with van der Waals surface area (Å²) in [4.78, 5) is 15.2. The Hall–Kier alpha value is -0.670. The maximum atomic E-state index is 12.6. The maximum absolute atomic E-state index is 12.6. The van der Waals surface area contributed by atoms with Gasteiger partial charge >= 0.3 is 0 Å². The molecule has 0 aliphatic heterocycles. The van der Waals surface area contributed by atoms with Gasteiger partial charge in [-0.05, 0) is 49.3 Å². The molecule has 0 bridgehead atoms. The van der Waals surface area contributed by atoms with Gasteiger partial charge in [0, 0.05) is 18.0 Å². The molecule has 0 unspecified atom stereocenters. The van der Waals surface area contributed by atoms with Crippen LogP contribution in [-0.4, -0.2) is 23.9 Å². The Morgan fingerprint density at radius 1 is 1.35 bits per heavy atom. The third-order valence-corrected chi connectivity index (χ3v) is 4.96. The van der Waals surface area contributed by atoms with Crippen LogP contribution in [0.5, 0.6) is 0 Å². The van der Waals surface area contributed by atoms with Crippen molar-refractivity contribution in [2.45, 2.75) is 50.5 Å². The molecule has 1 fully saturated rings. The van der Waals surface area contributed by atoms with E-state index in [0.717, 1.165) is 30.6 Å². The molecular weight excluding hydrogens is 290 g/mol. The van der Waals surface area contributed by atoms with Crippen molar-refractivity contribution in [2.75, 3.05) is 7.05 Å². The fourth-order valence-corrected chi connectivity index (χ4v) is 3.21. The summed E-state index contributed by atoms with van der Waals surface area (Å²) < 4.78 is 0. The SMILES string of the molecule is CN(C(=O)c1cc(S)ccc1Cl)C1CCC(C)(C)CC1. The number of hydrogen-bond acceptors (Lipinski definition) is 2. The number of thiol groups is 1. The van der Waals surface area contributed by atoms with Crippen LogP contribution in [0.4, 0.5) is 0 Å². The van der Waals surface area contributed by atoms with Gasteiger partial charge in [0.1, 0.15) is 0 Å². The molecule has 2 nitrogen and oxygen atoms in total. The average molecular weight is 312 g/mol. The molecule has 2 rings (SSSR count). The van der Waals surface area contributed by atoms with Crippen LogP contribution in [0.25, 0.3) is 0 Å². The van der Waals surface area contributed by atoms with Gasteiger partial charge in [0.25, 0.3) is 5.91 Å². The molecule has 1 saturated carbocycles. The lowest BCUT2D eigenvalue weighted by Gasteiger charge is -2.38. The summed E-state index contributed by atoms with van der Waals surface area (Å²) in [7, 11) is 1.88. The number of rotatable bonds is 2. The standard InChI is InChI=1S/C16H22ClNOS/c1-16(2)8-6-11(7-9-16)18(3)15(19)13-10-12(20)4-5-14(13)17/h4-5,10-11,20H,6-9H2,1-3H3. The van der Waals surface area contributed by atoms with E-state index in [9.17, 15) is 4.79 Å². The normalized spacial score (nSPS) is 18.9. The summed E-state index contributed by atoms with van der Waals surface area (Å²) in [6.45, 7) is 4.60. The summed E-state index contributed by atoms with van der Waals surface area (Å²) in [6, 6.07) is 5.59. The minimum absolute atomic E-state index is 0.00407. The first-order valence-corrected chi connectivity index (χ1v) is 7.88. The van der Waals surface area contributed by atoms with Crippen LogP contribution in [-0.2, 0) is 0 Å². The van der Waals surface area contributed by atoms with Gasteiger partial charge in [-0.1, -0.05) is 25.4 Å². The Bertz CT molecular complexity index is 505. The van der Waals surface area contributed by atoms with Gasteiger partial charge in [-0.3, -0.25) is 4.79 Å². The maximum Gasteiger partial charge on any atom is 0.255 e. The van der Waals surface area contributed by atoms with E-state index in [0.29, 0.717) is 22.0 Å². The van der Waals surface area contributed by atoms with Crippen molar-refractivity contribution >= 4 is 30.1 Å². The van der Waals surface area contributed by atoms with Crippen molar-refractivity contribution in [3.8, 4) is 0 Å². The minimum atomic E-state index is -0.00407. The molecule has 1 aliphatic rings. The summed E-state index contributed by atoms with van der Waals surface area (Å²) in [5.74, 6) is -0.00407. The molecule has 1 aliphatic carbocycles. The van der Waals surface area contributed by atoms with Crippen molar-refractivity contribution in [1.82, 2.24) is 4.90 Å². The van der Waals surface area contributed by atoms with Crippen LogP contribution in [0.3, 0.4) is 0 Å². The zero-order chi connectivity index (χ0) is 14.9. The molecule has 0 heterocycles. The van der Waals surface area contributed by atoms with E-state index in [-0.39, 0.29) is 5.91 Å². The third kappa shape index (κ3) is 3.50. The first-order chi connectivity index (χ1) is 9.30. The zero-order valence-corrected chi connectivity index (χ0v) is 14.0. The van der Waals surface area contributed by atoms with Crippen molar-refractivity contribution in [2.24, 2.45) is 5.41 Å². The second-order valence-electron chi connectivity index (χ2n) is 6.48. The van der Waals surface area contributed by atoms with Crippen LogP contribution in [0.1, 0.15) is 49.9 Å². The van der Waals surface area contributed by atoms with Crippen LogP contribution < -0.4 is 0 Å². The Balaban J connectivity index is 2.11. The van der Waals surface area contributed by atoms with E-state index < -0.39 is 0 Å². The van der Waals surface area contributed by atoms with E-state index in [1.54, 1.807) is 18.2 Å². The van der Waals surface area contributed by atoms with E-state index >= 15 is 0 Å². The molecule has 0 radical (unpaired) electrons. The average Bonchev–Trinajstić information content (AvgIpc) is 2.40. The molecule has 20 heavy (non-hydrogen) atoms. The summed E-state index contributed by atoms with van der Waals surface area (Å²) >= 11 is 10.4. The van der Waals surface area contributed by atoms with Crippen LogP contribution in [0.2, 0.25) is 5.02 Å². The lowest BCUT2D eigenvalue weighted by atomic mass is 9.75. The van der Waals surface area contributed by atoms with Crippen LogP contribution in [0, 0.1) is 5.41 Å². The quantitative estimate of drug-likeness (QED) is 0.787. The predicted molar refractivity (Wildman–Crippen MR) is 86.8 cm³/mol. The van der Waals surface area contributed by atoms with E-state index in [4.69, 9.17) is 11.6 Å². The van der Waals surface area contributed by atoms with Gasteiger partial charge < -0.3 is 4.90 Å². The molecule has 1 aromatic rings. The largest absolute Gasteiger partial charge is 0.339 e. The molecular formula is C16H22ClNOS. The van der Waals surface area contributed by atoms with Crippen molar-refractivity contribution < 1.29 is 4.79 Å². The van der Waals surface area contributed by atoms with E-state index in [1.165, 1.54) is 0 Å². The van der Waals surface area contributed by atoms with Gasteiger partial charge in [-0.15, -0.1) is 12.6 Å². The number of carbonyl (C=O) groups is 1. The number of benzene rings is 1.